The second kappa shape index (κ2) is 6.80. The summed E-state index contributed by atoms with van der Waals surface area (Å²) in [6, 6.07) is 9.61. The number of rotatable bonds is 4. The number of Topliss-reactive ketones (excluding diaryl/α,β-unsaturated/α-hetero) is 1. The van der Waals surface area contributed by atoms with Crippen molar-refractivity contribution in [1.82, 2.24) is 14.1 Å². The summed E-state index contributed by atoms with van der Waals surface area (Å²) in [7, 11) is 1.75. The Morgan fingerprint density at radius 2 is 1.85 bits per heavy atom. The van der Waals surface area contributed by atoms with Crippen molar-refractivity contribution in [3.63, 3.8) is 0 Å². The van der Waals surface area contributed by atoms with E-state index in [1.165, 1.54) is 0 Å². The second-order valence-corrected chi connectivity index (χ2v) is 8.33. The zero-order chi connectivity index (χ0) is 19.9. The van der Waals surface area contributed by atoms with Gasteiger partial charge in [-0.05, 0) is 36.1 Å². The molecule has 3 aromatic rings. The Balaban J connectivity index is 2.18. The molecule has 0 saturated carbocycles. The van der Waals surface area contributed by atoms with E-state index in [-0.39, 0.29) is 16.9 Å². The van der Waals surface area contributed by atoms with Crippen molar-refractivity contribution >= 4 is 16.9 Å². The molecule has 0 atom stereocenters. The van der Waals surface area contributed by atoms with Gasteiger partial charge in [0.15, 0.2) is 11.4 Å². The molecule has 0 radical (unpaired) electrons. The molecule has 0 saturated heterocycles. The van der Waals surface area contributed by atoms with E-state index in [9.17, 15) is 9.59 Å². The monoisotopic (exact) mass is 365 g/mol. The van der Waals surface area contributed by atoms with Gasteiger partial charge in [0.25, 0.3) is 0 Å². The Morgan fingerprint density at radius 3 is 2.48 bits per heavy atom. The van der Waals surface area contributed by atoms with Crippen LogP contribution in [0.1, 0.15) is 50.0 Å². The molecule has 0 aliphatic heterocycles. The van der Waals surface area contributed by atoms with Gasteiger partial charge in [-0.3, -0.25) is 13.9 Å². The number of nitrogens with zero attached hydrogens (tertiary/aromatic N) is 3. The minimum Gasteiger partial charge on any atom is -0.294 e. The second-order valence-electron chi connectivity index (χ2n) is 8.33. The van der Waals surface area contributed by atoms with E-state index in [2.05, 4.69) is 20.8 Å². The number of carbonyl (C=O) groups is 1. The molecule has 0 aliphatic rings. The standard InChI is InChI=1S/C22H27N3O2/c1-7-19(26)15-9-8-14(2)16(12-15)17-10-11-18-20(23-17)24(6)21(27)25(18)13-22(3,4)5/h8-12H,7,13H2,1-6H3. The van der Waals surface area contributed by atoms with Crippen LogP contribution in [0, 0.1) is 12.3 Å². The van der Waals surface area contributed by atoms with E-state index in [0.29, 0.717) is 24.2 Å². The molecule has 2 heterocycles. The first-order valence-corrected chi connectivity index (χ1v) is 9.33. The number of imidazole rings is 1. The summed E-state index contributed by atoms with van der Waals surface area (Å²) in [5, 5.41) is 0. The van der Waals surface area contributed by atoms with Crippen LogP contribution in [0.2, 0.25) is 0 Å². The van der Waals surface area contributed by atoms with Crippen molar-refractivity contribution in [2.75, 3.05) is 0 Å². The zero-order valence-corrected chi connectivity index (χ0v) is 17.0. The number of ketones is 1. The Kier molecular flexibility index (Phi) is 4.81. The van der Waals surface area contributed by atoms with Gasteiger partial charge >= 0.3 is 5.69 Å². The number of aromatic nitrogens is 3. The average Bonchev–Trinajstić information content (AvgIpc) is 2.84. The van der Waals surface area contributed by atoms with Crippen LogP contribution in [-0.2, 0) is 13.6 Å². The van der Waals surface area contributed by atoms with Crippen LogP contribution in [0.15, 0.2) is 35.1 Å². The maximum Gasteiger partial charge on any atom is 0.330 e. The van der Waals surface area contributed by atoms with Gasteiger partial charge in [-0.25, -0.2) is 9.78 Å². The van der Waals surface area contributed by atoms with Crippen molar-refractivity contribution in [1.29, 1.82) is 0 Å². The highest BCUT2D eigenvalue weighted by molar-refractivity contribution is 5.97. The van der Waals surface area contributed by atoms with Crippen LogP contribution < -0.4 is 5.69 Å². The van der Waals surface area contributed by atoms with E-state index >= 15 is 0 Å². The topological polar surface area (TPSA) is 56.9 Å². The lowest BCUT2D eigenvalue weighted by molar-refractivity contribution is 0.0988. The predicted octanol–water partition coefficient (Wildman–Crippen LogP) is 4.35. The molecular weight excluding hydrogens is 338 g/mol. The molecule has 0 N–H and O–H groups in total. The number of hydrogen-bond acceptors (Lipinski definition) is 3. The number of aryl methyl sites for hydroxylation is 2. The van der Waals surface area contributed by atoms with E-state index in [0.717, 1.165) is 22.3 Å². The zero-order valence-electron chi connectivity index (χ0n) is 17.0. The summed E-state index contributed by atoms with van der Waals surface area (Å²) in [6.45, 7) is 10.8. The maximum atomic E-state index is 12.7. The minimum absolute atomic E-state index is 0.0117. The number of benzene rings is 1. The third kappa shape index (κ3) is 3.59. The molecule has 0 amide bonds. The van der Waals surface area contributed by atoms with Crippen LogP contribution >= 0.6 is 0 Å². The fourth-order valence-corrected chi connectivity index (χ4v) is 3.33. The van der Waals surface area contributed by atoms with E-state index in [1.807, 2.05) is 44.2 Å². The van der Waals surface area contributed by atoms with Crippen LogP contribution in [0.4, 0.5) is 0 Å². The summed E-state index contributed by atoms with van der Waals surface area (Å²) in [5.41, 5.74) is 4.86. The third-order valence-electron chi connectivity index (χ3n) is 4.77. The van der Waals surface area contributed by atoms with Crippen LogP contribution in [0.5, 0.6) is 0 Å². The van der Waals surface area contributed by atoms with Gasteiger partial charge in [-0.15, -0.1) is 0 Å². The molecule has 0 bridgehead atoms. The smallest absolute Gasteiger partial charge is 0.294 e. The van der Waals surface area contributed by atoms with Gasteiger partial charge in [0, 0.05) is 31.1 Å². The fraction of sp³-hybridized carbons (Fsp3) is 0.409. The average molecular weight is 365 g/mol. The molecular formula is C22H27N3O2. The first-order chi connectivity index (χ1) is 12.6. The maximum absolute atomic E-state index is 12.7. The lowest BCUT2D eigenvalue weighted by Crippen LogP contribution is -2.27. The summed E-state index contributed by atoms with van der Waals surface area (Å²) in [4.78, 5) is 29.6. The van der Waals surface area contributed by atoms with Gasteiger partial charge < -0.3 is 0 Å². The highest BCUT2D eigenvalue weighted by atomic mass is 16.1. The number of hydrogen-bond donors (Lipinski definition) is 0. The van der Waals surface area contributed by atoms with Gasteiger partial charge in [0.05, 0.1) is 11.2 Å². The minimum atomic E-state index is -0.0591. The highest BCUT2D eigenvalue weighted by Gasteiger charge is 2.19. The first-order valence-electron chi connectivity index (χ1n) is 9.33. The lowest BCUT2D eigenvalue weighted by atomic mass is 9.97. The van der Waals surface area contributed by atoms with Crippen molar-refractivity contribution in [3.8, 4) is 11.3 Å². The largest absolute Gasteiger partial charge is 0.330 e. The van der Waals surface area contributed by atoms with Crippen LogP contribution in [0.25, 0.3) is 22.4 Å². The summed E-state index contributed by atoms with van der Waals surface area (Å²) in [6.07, 6.45) is 0.471. The fourth-order valence-electron chi connectivity index (χ4n) is 3.33. The molecule has 0 fully saturated rings. The first kappa shape index (κ1) is 19.1. The van der Waals surface area contributed by atoms with Crippen molar-refractivity contribution in [2.24, 2.45) is 12.5 Å². The molecule has 3 rings (SSSR count). The van der Waals surface area contributed by atoms with E-state index < -0.39 is 0 Å². The highest BCUT2D eigenvalue weighted by Crippen LogP contribution is 2.26. The third-order valence-corrected chi connectivity index (χ3v) is 4.77. The number of pyridine rings is 1. The Bertz CT molecular complexity index is 1080. The van der Waals surface area contributed by atoms with Gasteiger partial charge in [0.2, 0.25) is 0 Å². The Morgan fingerprint density at radius 1 is 1.15 bits per heavy atom. The lowest BCUT2D eigenvalue weighted by Gasteiger charge is -2.18. The van der Waals surface area contributed by atoms with E-state index in [4.69, 9.17) is 4.98 Å². The number of carbonyl (C=O) groups excluding carboxylic acids is 1. The molecule has 1 aromatic carbocycles. The quantitative estimate of drug-likeness (QED) is 0.646. The molecule has 142 valence electrons. The summed E-state index contributed by atoms with van der Waals surface area (Å²) in [5.74, 6) is 0.112. The normalized spacial score (nSPS) is 11.9. The molecule has 0 aliphatic carbocycles. The molecule has 5 heteroatoms. The van der Waals surface area contributed by atoms with Crippen molar-refractivity contribution in [2.45, 2.75) is 47.6 Å². The summed E-state index contributed by atoms with van der Waals surface area (Å²) < 4.78 is 3.39. The predicted molar refractivity (Wildman–Crippen MR) is 109 cm³/mol. The molecule has 0 unspecified atom stereocenters. The molecule has 2 aromatic heterocycles. The molecule has 5 nitrogen and oxygen atoms in total. The van der Waals surface area contributed by atoms with Crippen LogP contribution in [-0.4, -0.2) is 19.9 Å². The molecule has 0 spiro atoms. The molecule has 27 heavy (non-hydrogen) atoms. The summed E-state index contributed by atoms with van der Waals surface area (Å²) >= 11 is 0. The van der Waals surface area contributed by atoms with Gasteiger partial charge in [0.1, 0.15) is 0 Å². The van der Waals surface area contributed by atoms with Crippen molar-refractivity contribution < 1.29 is 4.79 Å². The Hall–Kier alpha value is -2.69. The van der Waals surface area contributed by atoms with E-state index in [1.54, 1.807) is 16.2 Å². The van der Waals surface area contributed by atoms with Gasteiger partial charge in [-0.1, -0.05) is 39.8 Å². The number of fused-ring (bicyclic) bond motifs is 1. The van der Waals surface area contributed by atoms with Crippen LogP contribution in [0.3, 0.4) is 0 Å². The van der Waals surface area contributed by atoms with Crippen molar-refractivity contribution in [3.05, 3.63) is 51.9 Å². The van der Waals surface area contributed by atoms with Gasteiger partial charge in [-0.2, -0.15) is 0 Å². The Labute approximate surface area is 159 Å². The SMILES string of the molecule is CCC(=O)c1ccc(C)c(-c2ccc3c(n2)n(C)c(=O)n3CC(C)(C)C)c1.